The summed E-state index contributed by atoms with van der Waals surface area (Å²) in [6, 6.07) is 5.37. The summed E-state index contributed by atoms with van der Waals surface area (Å²) in [6.07, 6.45) is 3.50. The van der Waals surface area contributed by atoms with Gasteiger partial charge in [0.1, 0.15) is 5.75 Å². The Labute approximate surface area is 81.6 Å². The van der Waals surface area contributed by atoms with Crippen LogP contribution in [0.1, 0.15) is 18.4 Å². The minimum atomic E-state index is -0.740. The van der Waals surface area contributed by atoms with Crippen LogP contribution < -0.4 is 0 Å². The molecule has 1 aromatic carbocycles. The Bertz CT molecular complexity index is 332. The molecule has 0 unspecified atom stereocenters. The molecule has 0 aliphatic heterocycles. The first-order chi connectivity index (χ1) is 6.15. The number of phenolic OH excluding ortho intramolecular Hbond substituents is 1. The van der Waals surface area contributed by atoms with Gasteiger partial charge in [-0.1, -0.05) is 0 Å². The third-order valence-electron chi connectivity index (χ3n) is 2.43. The highest BCUT2D eigenvalue weighted by molar-refractivity contribution is 7.98. The predicted molar refractivity (Wildman–Crippen MR) is 53.0 cm³/mol. The Morgan fingerprint density at radius 3 is 2.62 bits per heavy atom. The van der Waals surface area contributed by atoms with Crippen LogP contribution in [-0.4, -0.2) is 16.5 Å². The highest BCUT2D eigenvalue weighted by Crippen LogP contribution is 2.49. The third kappa shape index (κ3) is 1.54. The van der Waals surface area contributed by atoms with Crippen LogP contribution in [0.5, 0.6) is 5.75 Å². The summed E-state index contributed by atoms with van der Waals surface area (Å²) < 4.78 is 0. The second-order valence-corrected chi connectivity index (χ2v) is 4.29. The summed E-state index contributed by atoms with van der Waals surface area (Å²) in [5.41, 5.74) is -0.0603. The molecule has 0 amide bonds. The molecule has 13 heavy (non-hydrogen) atoms. The first-order valence-corrected chi connectivity index (χ1v) is 5.48. The molecule has 0 saturated heterocycles. The second kappa shape index (κ2) is 2.93. The van der Waals surface area contributed by atoms with E-state index in [-0.39, 0.29) is 5.75 Å². The Kier molecular flexibility index (Phi) is 2.00. The molecule has 0 atom stereocenters. The van der Waals surface area contributed by atoms with Gasteiger partial charge >= 0.3 is 0 Å². The third-order valence-corrected chi connectivity index (χ3v) is 3.15. The molecule has 1 aliphatic rings. The van der Waals surface area contributed by atoms with Crippen molar-refractivity contribution in [1.82, 2.24) is 0 Å². The van der Waals surface area contributed by atoms with Gasteiger partial charge in [-0.25, -0.2) is 0 Å². The maximum Gasteiger partial charge on any atom is 0.121 e. The van der Waals surface area contributed by atoms with E-state index in [4.69, 9.17) is 0 Å². The molecular formula is C10H12O2S. The SMILES string of the molecule is CSc1ccc(O)c(C2(O)CC2)c1. The van der Waals surface area contributed by atoms with Crippen molar-refractivity contribution in [3.8, 4) is 5.75 Å². The van der Waals surface area contributed by atoms with Gasteiger partial charge in [-0.3, -0.25) is 0 Å². The predicted octanol–water partition coefficient (Wildman–Crippen LogP) is 2.10. The van der Waals surface area contributed by atoms with Crippen molar-refractivity contribution in [3.05, 3.63) is 23.8 Å². The van der Waals surface area contributed by atoms with Crippen molar-refractivity contribution in [2.24, 2.45) is 0 Å². The Morgan fingerprint density at radius 2 is 2.08 bits per heavy atom. The van der Waals surface area contributed by atoms with E-state index in [1.807, 2.05) is 18.4 Å². The zero-order chi connectivity index (χ0) is 9.47. The van der Waals surface area contributed by atoms with Crippen LogP contribution in [0.2, 0.25) is 0 Å². The molecule has 2 nitrogen and oxygen atoms in total. The molecule has 0 radical (unpaired) electrons. The fraction of sp³-hybridized carbons (Fsp3) is 0.400. The van der Waals surface area contributed by atoms with Crippen LogP contribution in [0.3, 0.4) is 0 Å². The monoisotopic (exact) mass is 196 g/mol. The van der Waals surface area contributed by atoms with Gasteiger partial charge in [0.2, 0.25) is 0 Å². The first kappa shape index (κ1) is 8.91. The van der Waals surface area contributed by atoms with Gasteiger partial charge in [0.25, 0.3) is 0 Å². The molecule has 0 aromatic heterocycles. The van der Waals surface area contributed by atoms with Gasteiger partial charge < -0.3 is 10.2 Å². The van der Waals surface area contributed by atoms with Crippen LogP contribution in [0.4, 0.5) is 0 Å². The fourth-order valence-electron chi connectivity index (χ4n) is 1.40. The molecule has 1 fully saturated rings. The Morgan fingerprint density at radius 1 is 1.38 bits per heavy atom. The molecule has 70 valence electrons. The number of phenols is 1. The van der Waals surface area contributed by atoms with Crippen molar-refractivity contribution in [2.45, 2.75) is 23.3 Å². The normalized spacial score (nSPS) is 18.6. The molecule has 1 aromatic rings. The van der Waals surface area contributed by atoms with Gasteiger partial charge in [-0.05, 0) is 37.3 Å². The molecule has 2 rings (SSSR count). The molecular weight excluding hydrogens is 184 g/mol. The van der Waals surface area contributed by atoms with Gasteiger partial charge in [0, 0.05) is 10.5 Å². The standard InChI is InChI=1S/C10H12O2S/c1-13-7-2-3-9(11)8(6-7)10(12)4-5-10/h2-3,6,11-12H,4-5H2,1H3. The lowest BCUT2D eigenvalue weighted by molar-refractivity contribution is 0.147. The molecule has 1 aliphatic carbocycles. The van der Waals surface area contributed by atoms with Gasteiger partial charge in [0.05, 0.1) is 5.60 Å². The van der Waals surface area contributed by atoms with Gasteiger partial charge in [0.15, 0.2) is 0 Å². The lowest BCUT2D eigenvalue weighted by Crippen LogP contribution is -2.04. The van der Waals surface area contributed by atoms with E-state index in [2.05, 4.69) is 0 Å². The quantitative estimate of drug-likeness (QED) is 0.712. The van der Waals surface area contributed by atoms with E-state index in [0.717, 1.165) is 17.7 Å². The first-order valence-electron chi connectivity index (χ1n) is 4.25. The van der Waals surface area contributed by atoms with E-state index >= 15 is 0 Å². The summed E-state index contributed by atoms with van der Waals surface area (Å²) in [4.78, 5) is 1.08. The number of thioether (sulfide) groups is 1. The fourth-order valence-corrected chi connectivity index (χ4v) is 1.84. The van der Waals surface area contributed by atoms with Crippen LogP contribution in [0, 0.1) is 0 Å². The van der Waals surface area contributed by atoms with Crippen LogP contribution in [0.25, 0.3) is 0 Å². The zero-order valence-corrected chi connectivity index (χ0v) is 8.27. The second-order valence-electron chi connectivity index (χ2n) is 3.41. The summed E-state index contributed by atoms with van der Waals surface area (Å²) in [5.74, 6) is 0.206. The van der Waals surface area contributed by atoms with Crippen LogP contribution in [-0.2, 0) is 5.60 Å². The van der Waals surface area contributed by atoms with E-state index in [1.165, 1.54) is 0 Å². The minimum absolute atomic E-state index is 0.206. The topological polar surface area (TPSA) is 40.5 Å². The van der Waals surface area contributed by atoms with Crippen molar-refractivity contribution < 1.29 is 10.2 Å². The smallest absolute Gasteiger partial charge is 0.121 e. The number of aliphatic hydroxyl groups is 1. The summed E-state index contributed by atoms with van der Waals surface area (Å²) in [6.45, 7) is 0. The lowest BCUT2D eigenvalue weighted by atomic mass is 10.1. The van der Waals surface area contributed by atoms with Crippen LogP contribution in [0.15, 0.2) is 23.1 Å². The van der Waals surface area contributed by atoms with E-state index in [9.17, 15) is 10.2 Å². The van der Waals surface area contributed by atoms with E-state index < -0.39 is 5.60 Å². The average Bonchev–Trinajstić information content (AvgIpc) is 2.86. The maximum atomic E-state index is 9.83. The number of aromatic hydroxyl groups is 1. The average molecular weight is 196 g/mol. The maximum absolute atomic E-state index is 9.83. The van der Waals surface area contributed by atoms with Crippen molar-refractivity contribution in [3.63, 3.8) is 0 Å². The molecule has 0 heterocycles. The number of rotatable bonds is 2. The van der Waals surface area contributed by atoms with Crippen LogP contribution >= 0.6 is 11.8 Å². The van der Waals surface area contributed by atoms with Crippen molar-refractivity contribution in [2.75, 3.05) is 6.26 Å². The summed E-state index contributed by atoms with van der Waals surface area (Å²) in [5, 5.41) is 19.4. The Hall–Kier alpha value is -0.670. The van der Waals surface area contributed by atoms with Crippen molar-refractivity contribution in [1.29, 1.82) is 0 Å². The van der Waals surface area contributed by atoms with E-state index in [0.29, 0.717) is 5.56 Å². The highest BCUT2D eigenvalue weighted by Gasteiger charge is 2.44. The molecule has 2 N–H and O–H groups in total. The minimum Gasteiger partial charge on any atom is -0.508 e. The number of hydrogen-bond acceptors (Lipinski definition) is 3. The Balaban J connectivity index is 2.43. The molecule has 3 heteroatoms. The lowest BCUT2D eigenvalue weighted by Gasteiger charge is -2.11. The van der Waals surface area contributed by atoms with Gasteiger partial charge in [-0.2, -0.15) is 0 Å². The molecule has 0 spiro atoms. The summed E-state index contributed by atoms with van der Waals surface area (Å²) >= 11 is 1.61. The zero-order valence-electron chi connectivity index (χ0n) is 7.45. The summed E-state index contributed by atoms with van der Waals surface area (Å²) in [7, 11) is 0. The number of benzene rings is 1. The molecule has 0 bridgehead atoms. The largest absolute Gasteiger partial charge is 0.508 e. The number of hydrogen-bond donors (Lipinski definition) is 2. The highest BCUT2D eigenvalue weighted by atomic mass is 32.2. The van der Waals surface area contributed by atoms with E-state index in [1.54, 1.807) is 17.8 Å². The van der Waals surface area contributed by atoms with Crippen molar-refractivity contribution >= 4 is 11.8 Å². The van der Waals surface area contributed by atoms with Gasteiger partial charge in [-0.15, -0.1) is 11.8 Å². The molecule has 1 saturated carbocycles.